The Morgan fingerprint density at radius 2 is 1.97 bits per heavy atom. The fraction of sp³-hybridized carbons (Fsp3) is 0.400. The molecule has 0 bridgehead atoms. The lowest BCUT2D eigenvalue weighted by Crippen LogP contribution is -2.41. The molecule has 1 aliphatic rings. The molecule has 0 saturated carbocycles. The Kier molecular flexibility index (Phi) is 8.21. The number of furan rings is 1. The third-order valence-electron chi connectivity index (χ3n) is 6.04. The van der Waals surface area contributed by atoms with Gasteiger partial charge in [0.1, 0.15) is 5.76 Å². The Labute approximate surface area is 209 Å². The summed E-state index contributed by atoms with van der Waals surface area (Å²) in [6.07, 6.45) is 0.822. The first-order chi connectivity index (χ1) is 16.5. The minimum absolute atomic E-state index is 0.236. The van der Waals surface area contributed by atoms with Crippen molar-refractivity contribution in [2.75, 3.05) is 51.8 Å². The first-order valence-electron chi connectivity index (χ1n) is 11.4. The lowest BCUT2D eigenvalue weighted by atomic mass is 10.2. The lowest BCUT2D eigenvalue weighted by Gasteiger charge is -2.31. The van der Waals surface area contributed by atoms with Gasteiger partial charge in [0.05, 0.1) is 36.4 Å². The summed E-state index contributed by atoms with van der Waals surface area (Å²) in [7, 11) is 1.61. The zero-order valence-corrected chi connectivity index (χ0v) is 20.9. The Bertz CT molecular complexity index is 1130. The normalized spacial score (nSPS) is 15.3. The highest BCUT2D eigenvalue weighted by Crippen LogP contribution is 2.33. The summed E-state index contributed by atoms with van der Waals surface area (Å²) >= 11 is 12.2. The van der Waals surface area contributed by atoms with Gasteiger partial charge in [0.2, 0.25) is 0 Å². The molecule has 0 unspecified atom stereocenters. The quantitative estimate of drug-likeness (QED) is 0.402. The molecular weight excluding hydrogens is 477 g/mol. The van der Waals surface area contributed by atoms with E-state index in [9.17, 15) is 4.79 Å². The zero-order chi connectivity index (χ0) is 24.1. The number of nitrogens with zero attached hydrogens (tertiary/aromatic N) is 2. The van der Waals surface area contributed by atoms with Crippen molar-refractivity contribution in [3.8, 4) is 5.75 Å². The number of rotatable bonds is 8. The summed E-state index contributed by atoms with van der Waals surface area (Å²) in [5.41, 5.74) is 1.25. The van der Waals surface area contributed by atoms with Gasteiger partial charge < -0.3 is 24.1 Å². The van der Waals surface area contributed by atoms with Crippen LogP contribution in [0, 0.1) is 0 Å². The standard InChI is InChI=1S/C25H29Cl2N3O4/c1-17(23-15-18-5-3-6-22(32-2)24(18)34-23)30(10-4-9-29-11-13-33-14-12-29)25(31)28-19-7-8-20(26)21(27)16-19/h3,5-8,15-17H,4,9-14H2,1-2H3,(H,28,31)/t17-/m0/s1. The smallest absolute Gasteiger partial charge is 0.322 e. The topological polar surface area (TPSA) is 67.2 Å². The molecule has 0 spiro atoms. The number of anilines is 1. The number of carbonyl (C=O) groups is 1. The van der Waals surface area contributed by atoms with Crippen LogP contribution >= 0.6 is 23.2 Å². The predicted molar refractivity (Wildman–Crippen MR) is 135 cm³/mol. The number of halogens is 2. The molecule has 1 aromatic heterocycles. The van der Waals surface area contributed by atoms with Crippen LogP contribution in [-0.2, 0) is 4.74 Å². The molecule has 2 aromatic carbocycles. The van der Waals surface area contributed by atoms with Gasteiger partial charge in [-0.25, -0.2) is 4.79 Å². The molecule has 1 aliphatic heterocycles. The maximum atomic E-state index is 13.4. The number of amides is 2. The van der Waals surface area contributed by atoms with Crippen molar-refractivity contribution >= 4 is 45.9 Å². The molecule has 9 heteroatoms. The largest absolute Gasteiger partial charge is 0.493 e. The van der Waals surface area contributed by atoms with Crippen LogP contribution in [0.4, 0.5) is 10.5 Å². The zero-order valence-electron chi connectivity index (χ0n) is 19.4. The second-order valence-electron chi connectivity index (χ2n) is 8.26. The number of urea groups is 1. The molecule has 7 nitrogen and oxygen atoms in total. The number of nitrogens with one attached hydrogen (secondary N) is 1. The molecular formula is C25H29Cl2N3O4. The maximum Gasteiger partial charge on any atom is 0.322 e. The van der Waals surface area contributed by atoms with E-state index in [0.717, 1.165) is 44.7 Å². The maximum absolute atomic E-state index is 13.4. The van der Waals surface area contributed by atoms with Crippen molar-refractivity contribution in [1.82, 2.24) is 9.80 Å². The molecule has 4 rings (SSSR count). The number of carbonyl (C=O) groups excluding carboxylic acids is 1. The summed E-state index contributed by atoms with van der Waals surface area (Å²) in [5.74, 6) is 1.35. The third-order valence-corrected chi connectivity index (χ3v) is 6.77. The fourth-order valence-electron chi connectivity index (χ4n) is 4.11. The molecule has 2 heterocycles. The van der Waals surface area contributed by atoms with E-state index in [2.05, 4.69) is 10.2 Å². The van der Waals surface area contributed by atoms with Gasteiger partial charge in [-0.2, -0.15) is 0 Å². The number of hydrogen-bond acceptors (Lipinski definition) is 5. The number of morpholine rings is 1. The summed E-state index contributed by atoms with van der Waals surface area (Å²) in [5, 5.41) is 4.70. The minimum atomic E-state index is -0.301. The van der Waals surface area contributed by atoms with Gasteiger partial charge in [-0.15, -0.1) is 0 Å². The third kappa shape index (κ3) is 5.78. The summed E-state index contributed by atoms with van der Waals surface area (Å²) < 4.78 is 17.0. The Hall–Kier alpha value is -2.45. The van der Waals surface area contributed by atoms with Crippen LogP contribution in [0.2, 0.25) is 10.0 Å². The summed E-state index contributed by atoms with van der Waals surface area (Å²) in [6.45, 7) is 6.73. The summed E-state index contributed by atoms with van der Waals surface area (Å²) in [4.78, 5) is 17.5. The highest BCUT2D eigenvalue weighted by atomic mass is 35.5. The number of para-hydroxylation sites is 1. The molecule has 1 N–H and O–H groups in total. The van der Waals surface area contributed by atoms with Crippen LogP contribution in [0.3, 0.4) is 0 Å². The average Bonchev–Trinajstić information content (AvgIpc) is 3.29. The second-order valence-corrected chi connectivity index (χ2v) is 9.08. The molecule has 34 heavy (non-hydrogen) atoms. The highest BCUT2D eigenvalue weighted by molar-refractivity contribution is 6.42. The van der Waals surface area contributed by atoms with Crippen molar-refractivity contribution in [2.45, 2.75) is 19.4 Å². The highest BCUT2D eigenvalue weighted by Gasteiger charge is 2.25. The van der Waals surface area contributed by atoms with E-state index in [1.807, 2.05) is 31.2 Å². The first-order valence-corrected chi connectivity index (χ1v) is 12.1. The van der Waals surface area contributed by atoms with Crippen molar-refractivity contribution in [2.24, 2.45) is 0 Å². The van der Waals surface area contributed by atoms with E-state index < -0.39 is 0 Å². The van der Waals surface area contributed by atoms with Gasteiger partial charge in [0, 0.05) is 37.3 Å². The summed E-state index contributed by atoms with van der Waals surface area (Å²) in [6, 6.07) is 12.2. The number of methoxy groups -OCH3 is 1. The SMILES string of the molecule is COc1cccc2cc([C@H](C)N(CCCN3CCOCC3)C(=O)Nc3ccc(Cl)c(Cl)c3)oc12. The molecule has 1 saturated heterocycles. The van der Waals surface area contributed by atoms with Gasteiger partial charge in [-0.1, -0.05) is 35.3 Å². The molecule has 0 radical (unpaired) electrons. The monoisotopic (exact) mass is 505 g/mol. The molecule has 2 amide bonds. The van der Waals surface area contributed by atoms with Gasteiger partial charge in [0.15, 0.2) is 11.3 Å². The first kappa shape index (κ1) is 24.7. The average molecular weight is 506 g/mol. The molecule has 1 atom stereocenters. The molecule has 0 aliphatic carbocycles. The number of benzene rings is 2. The Morgan fingerprint density at radius 3 is 2.71 bits per heavy atom. The Balaban J connectivity index is 1.53. The van der Waals surface area contributed by atoms with E-state index in [0.29, 0.717) is 39.4 Å². The van der Waals surface area contributed by atoms with Crippen LogP contribution in [0.15, 0.2) is 46.9 Å². The van der Waals surface area contributed by atoms with Crippen molar-refractivity contribution in [3.05, 3.63) is 58.3 Å². The van der Waals surface area contributed by atoms with E-state index in [4.69, 9.17) is 37.1 Å². The van der Waals surface area contributed by atoms with Crippen molar-refractivity contribution in [1.29, 1.82) is 0 Å². The van der Waals surface area contributed by atoms with Gasteiger partial charge in [-0.3, -0.25) is 4.90 Å². The minimum Gasteiger partial charge on any atom is -0.493 e. The van der Waals surface area contributed by atoms with Crippen LogP contribution < -0.4 is 10.1 Å². The lowest BCUT2D eigenvalue weighted by molar-refractivity contribution is 0.0361. The van der Waals surface area contributed by atoms with Crippen LogP contribution in [0.25, 0.3) is 11.0 Å². The van der Waals surface area contributed by atoms with Gasteiger partial charge in [-0.05, 0) is 43.7 Å². The van der Waals surface area contributed by atoms with Crippen molar-refractivity contribution < 1.29 is 18.7 Å². The molecule has 1 fully saturated rings. The second kappa shape index (κ2) is 11.3. The van der Waals surface area contributed by atoms with Crippen LogP contribution in [-0.4, -0.2) is 62.3 Å². The molecule has 182 valence electrons. The molecule has 3 aromatic rings. The number of hydrogen-bond donors (Lipinski definition) is 1. The fourth-order valence-corrected chi connectivity index (χ4v) is 4.40. The van der Waals surface area contributed by atoms with E-state index >= 15 is 0 Å². The van der Waals surface area contributed by atoms with Crippen LogP contribution in [0.5, 0.6) is 5.75 Å². The van der Waals surface area contributed by atoms with Gasteiger partial charge in [0.25, 0.3) is 0 Å². The Morgan fingerprint density at radius 1 is 1.18 bits per heavy atom. The van der Waals surface area contributed by atoms with Crippen LogP contribution in [0.1, 0.15) is 25.1 Å². The number of fused-ring (bicyclic) bond motifs is 1. The van der Waals surface area contributed by atoms with E-state index in [-0.39, 0.29) is 12.1 Å². The van der Waals surface area contributed by atoms with E-state index in [1.165, 1.54) is 0 Å². The number of ether oxygens (including phenoxy) is 2. The van der Waals surface area contributed by atoms with E-state index in [1.54, 1.807) is 30.2 Å². The van der Waals surface area contributed by atoms with Crippen molar-refractivity contribution in [3.63, 3.8) is 0 Å². The van der Waals surface area contributed by atoms with Gasteiger partial charge >= 0.3 is 6.03 Å². The predicted octanol–water partition coefficient (Wildman–Crippen LogP) is 6.07.